The lowest BCUT2D eigenvalue weighted by Gasteiger charge is -2.33. The topological polar surface area (TPSA) is 71.8 Å². The summed E-state index contributed by atoms with van der Waals surface area (Å²) < 4.78 is 7.60. The molecule has 0 spiro atoms. The molecule has 1 saturated heterocycles. The Labute approximate surface area is 186 Å². The second-order valence-electron chi connectivity index (χ2n) is 7.91. The van der Waals surface area contributed by atoms with Gasteiger partial charge in [0.05, 0.1) is 24.6 Å². The van der Waals surface area contributed by atoms with Crippen LogP contribution in [-0.2, 0) is 11.3 Å². The monoisotopic (exact) mass is 427 g/mol. The maximum atomic E-state index is 12.9. The van der Waals surface area contributed by atoms with E-state index >= 15 is 0 Å². The Morgan fingerprint density at radius 3 is 2.66 bits per heavy atom. The van der Waals surface area contributed by atoms with Crippen LogP contribution in [0.15, 0.2) is 79.1 Å². The highest BCUT2D eigenvalue weighted by Gasteiger charge is 2.22. The molecule has 2 aromatic heterocycles. The van der Waals surface area contributed by atoms with Crippen molar-refractivity contribution < 1.29 is 9.53 Å². The van der Waals surface area contributed by atoms with Crippen LogP contribution in [0, 0.1) is 0 Å². The predicted molar refractivity (Wildman–Crippen MR) is 122 cm³/mol. The largest absolute Gasteiger partial charge is 0.374 e. The molecule has 0 unspecified atom stereocenters. The van der Waals surface area contributed by atoms with Crippen LogP contribution >= 0.6 is 0 Å². The molecule has 1 atom stereocenters. The van der Waals surface area contributed by atoms with Gasteiger partial charge in [0.2, 0.25) is 0 Å². The van der Waals surface area contributed by atoms with Gasteiger partial charge in [-0.05, 0) is 11.6 Å². The molecule has 0 saturated carbocycles. The van der Waals surface area contributed by atoms with E-state index in [1.165, 1.54) is 5.56 Å². The Bertz CT molecular complexity index is 1190. The van der Waals surface area contributed by atoms with Crippen molar-refractivity contribution in [2.24, 2.45) is 0 Å². The fraction of sp³-hybridized carbons (Fsp3) is 0.240. The minimum atomic E-state index is -0.193. The summed E-state index contributed by atoms with van der Waals surface area (Å²) in [6.07, 6.45) is 3.24. The first-order chi connectivity index (χ1) is 15.8. The van der Waals surface area contributed by atoms with Crippen LogP contribution in [0.25, 0.3) is 16.9 Å². The molecule has 0 radical (unpaired) electrons. The van der Waals surface area contributed by atoms with Gasteiger partial charge in [-0.3, -0.25) is 9.69 Å². The number of carbonyl (C=O) groups excluding carboxylic acids is 1. The molecule has 4 aromatic rings. The molecule has 1 fully saturated rings. The van der Waals surface area contributed by atoms with Crippen molar-refractivity contribution in [2.75, 3.05) is 26.2 Å². The van der Waals surface area contributed by atoms with E-state index < -0.39 is 0 Å². The van der Waals surface area contributed by atoms with Gasteiger partial charge in [-0.1, -0.05) is 60.7 Å². The average Bonchev–Trinajstić information content (AvgIpc) is 3.28. The van der Waals surface area contributed by atoms with E-state index in [2.05, 4.69) is 44.6 Å². The number of fused-ring (bicyclic) bond motifs is 1. The maximum Gasteiger partial charge on any atom is 0.256 e. The van der Waals surface area contributed by atoms with Crippen LogP contribution in [0.5, 0.6) is 0 Å². The SMILES string of the molecule is O=C(NC[C@@H]1CN(Cc2ccccc2)CCO1)c1cnn2c(-c3ccccc3)ccnc12. The summed E-state index contributed by atoms with van der Waals surface area (Å²) >= 11 is 0. The molecular formula is C25H25N5O2. The van der Waals surface area contributed by atoms with E-state index in [0.717, 1.165) is 30.9 Å². The summed E-state index contributed by atoms with van der Waals surface area (Å²) in [5.41, 5.74) is 4.19. The number of nitrogens with zero attached hydrogens (tertiary/aromatic N) is 4. The van der Waals surface area contributed by atoms with E-state index in [1.54, 1.807) is 16.9 Å². The molecule has 5 rings (SSSR count). The summed E-state index contributed by atoms with van der Waals surface area (Å²) in [5.74, 6) is -0.193. The Kier molecular flexibility index (Phi) is 5.91. The summed E-state index contributed by atoms with van der Waals surface area (Å²) in [5, 5.41) is 7.43. The predicted octanol–water partition coefficient (Wildman–Crippen LogP) is 3.03. The molecular weight excluding hydrogens is 402 g/mol. The zero-order valence-electron chi connectivity index (χ0n) is 17.7. The van der Waals surface area contributed by atoms with Gasteiger partial charge < -0.3 is 10.1 Å². The van der Waals surface area contributed by atoms with Crippen LogP contribution in [0.4, 0.5) is 0 Å². The third-order valence-electron chi connectivity index (χ3n) is 5.68. The number of carbonyl (C=O) groups is 1. The number of morpholine rings is 1. The van der Waals surface area contributed by atoms with Gasteiger partial charge in [0.1, 0.15) is 5.56 Å². The first kappa shape index (κ1) is 20.4. The second kappa shape index (κ2) is 9.30. The third kappa shape index (κ3) is 4.39. The summed E-state index contributed by atoms with van der Waals surface area (Å²) in [6.45, 7) is 3.65. The van der Waals surface area contributed by atoms with E-state index in [-0.39, 0.29) is 12.0 Å². The highest BCUT2D eigenvalue weighted by molar-refractivity contribution is 5.99. The Morgan fingerprint density at radius 2 is 1.84 bits per heavy atom. The lowest BCUT2D eigenvalue weighted by atomic mass is 10.1. The van der Waals surface area contributed by atoms with Crippen LogP contribution < -0.4 is 5.32 Å². The third-order valence-corrected chi connectivity index (χ3v) is 5.68. The molecule has 32 heavy (non-hydrogen) atoms. The fourth-order valence-corrected chi connectivity index (χ4v) is 4.07. The molecule has 1 aliphatic heterocycles. The average molecular weight is 428 g/mol. The van der Waals surface area contributed by atoms with Gasteiger partial charge in [0.25, 0.3) is 5.91 Å². The van der Waals surface area contributed by atoms with Crippen LogP contribution in [0.1, 0.15) is 15.9 Å². The molecule has 7 nitrogen and oxygen atoms in total. The van der Waals surface area contributed by atoms with E-state index in [4.69, 9.17) is 4.74 Å². The van der Waals surface area contributed by atoms with Crippen molar-refractivity contribution in [2.45, 2.75) is 12.6 Å². The molecule has 1 amide bonds. The highest BCUT2D eigenvalue weighted by Crippen LogP contribution is 2.20. The number of hydrogen-bond donors (Lipinski definition) is 1. The number of nitrogens with one attached hydrogen (secondary N) is 1. The maximum absolute atomic E-state index is 12.9. The normalized spacial score (nSPS) is 16.8. The standard InChI is InChI=1S/C25H25N5O2/c31-25(27-15-21-18-29(13-14-32-21)17-19-7-3-1-4-8-19)22-16-28-30-23(11-12-26-24(22)30)20-9-5-2-6-10-20/h1-12,16,21H,13-15,17-18H2,(H,27,31)/t21-/m1/s1. The van der Waals surface area contributed by atoms with E-state index in [9.17, 15) is 4.79 Å². The Hall–Kier alpha value is -3.55. The molecule has 2 aromatic carbocycles. The minimum Gasteiger partial charge on any atom is -0.374 e. The van der Waals surface area contributed by atoms with E-state index in [1.807, 2.05) is 42.5 Å². The highest BCUT2D eigenvalue weighted by atomic mass is 16.5. The zero-order valence-corrected chi connectivity index (χ0v) is 17.7. The molecule has 1 aliphatic rings. The molecule has 7 heteroatoms. The van der Waals surface area contributed by atoms with Crippen molar-refractivity contribution in [1.29, 1.82) is 0 Å². The quantitative estimate of drug-likeness (QED) is 0.512. The number of aromatic nitrogens is 3. The van der Waals surface area contributed by atoms with Crippen molar-refractivity contribution in [3.05, 3.63) is 90.3 Å². The van der Waals surface area contributed by atoms with Crippen molar-refractivity contribution in [1.82, 2.24) is 24.8 Å². The van der Waals surface area contributed by atoms with Crippen molar-refractivity contribution >= 4 is 11.6 Å². The number of rotatable bonds is 6. The van der Waals surface area contributed by atoms with E-state index in [0.29, 0.717) is 24.4 Å². The summed E-state index contributed by atoms with van der Waals surface area (Å²) in [6, 6.07) is 22.2. The zero-order chi connectivity index (χ0) is 21.8. The van der Waals surface area contributed by atoms with Gasteiger partial charge in [-0.25, -0.2) is 9.50 Å². The van der Waals surface area contributed by atoms with Gasteiger partial charge in [0, 0.05) is 37.9 Å². The molecule has 0 bridgehead atoms. The van der Waals surface area contributed by atoms with Gasteiger partial charge >= 0.3 is 0 Å². The number of benzene rings is 2. The summed E-state index contributed by atoms with van der Waals surface area (Å²) in [7, 11) is 0. The smallest absolute Gasteiger partial charge is 0.256 e. The minimum absolute atomic E-state index is 0.0499. The summed E-state index contributed by atoms with van der Waals surface area (Å²) in [4.78, 5) is 19.7. The first-order valence-corrected chi connectivity index (χ1v) is 10.8. The fourth-order valence-electron chi connectivity index (χ4n) is 4.07. The lowest BCUT2D eigenvalue weighted by molar-refractivity contribution is -0.0292. The number of ether oxygens (including phenoxy) is 1. The number of amides is 1. The van der Waals surface area contributed by atoms with Crippen molar-refractivity contribution in [3.63, 3.8) is 0 Å². The first-order valence-electron chi connectivity index (χ1n) is 10.8. The van der Waals surface area contributed by atoms with Gasteiger partial charge in [-0.2, -0.15) is 5.10 Å². The van der Waals surface area contributed by atoms with Gasteiger partial charge in [0.15, 0.2) is 5.65 Å². The van der Waals surface area contributed by atoms with Crippen LogP contribution in [0.2, 0.25) is 0 Å². The second-order valence-corrected chi connectivity index (χ2v) is 7.91. The molecule has 0 aliphatic carbocycles. The van der Waals surface area contributed by atoms with Crippen molar-refractivity contribution in [3.8, 4) is 11.3 Å². The number of hydrogen-bond acceptors (Lipinski definition) is 5. The lowest BCUT2D eigenvalue weighted by Crippen LogP contribution is -2.47. The molecule has 162 valence electrons. The Morgan fingerprint density at radius 1 is 1.06 bits per heavy atom. The Balaban J connectivity index is 1.24. The van der Waals surface area contributed by atoms with Crippen LogP contribution in [0.3, 0.4) is 0 Å². The van der Waals surface area contributed by atoms with Gasteiger partial charge in [-0.15, -0.1) is 0 Å². The van der Waals surface area contributed by atoms with Crippen LogP contribution in [-0.4, -0.2) is 57.8 Å². The molecule has 1 N–H and O–H groups in total. The molecule has 3 heterocycles.